The van der Waals surface area contributed by atoms with E-state index in [1.807, 2.05) is 18.9 Å². The van der Waals surface area contributed by atoms with Crippen LogP contribution in [0.15, 0.2) is 24.3 Å². The van der Waals surface area contributed by atoms with Gasteiger partial charge in [-0.3, -0.25) is 9.89 Å². The molecular weight excluding hydrogens is 351 g/mol. The lowest BCUT2D eigenvalue weighted by Crippen LogP contribution is -2.32. The van der Waals surface area contributed by atoms with Crippen LogP contribution in [0.5, 0.6) is 11.5 Å². The van der Waals surface area contributed by atoms with Crippen molar-refractivity contribution in [3.05, 3.63) is 41.2 Å². The normalized spacial score (nSPS) is 15.0. The number of halogens is 3. The molecule has 0 saturated carbocycles. The number of benzene rings is 1. The Hall–Kier alpha value is -2.71. The number of H-pyrrole nitrogens is 1. The SMILES string of the molecule is CC(C)C(NC(=O)c1cc(C(F)(F)F)[nH]n1)c1ccc2c(c1)OCCO2. The van der Waals surface area contributed by atoms with E-state index < -0.39 is 23.8 Å². The largest absolute Gasteiger partial charge is 0.486 e. The van der Waals surface area contributed by atoms with Gasteiger partial charge in [-0.2, -0.15) is 18.3 Å². The van der Waals surface area contributed by atoms with Crippen LogP contribution in [0.3, 0.4) is 0 Å². The van der Waals surface area contributed by atoms with Gasteiger partial charge in [-0.1, -0.05) is 19.9 Å². The second-order valence-electron chi connectivity index (χ2n) is 6.26. The van der Waals surface area contributed by atoms with Crippen molar-refractivity contribution in [1.82, 2.24) is 15.5 Å². The molecular formula is C17H18F3N3O3. The average Bonchev–Trinajstić information content (AvgIpc) is 3.09. The summed E-state index contributed by atoms with van der Waals surface area (Å²) in [6, 6.07) is 5.58. The zero-order valence-electron chi connectivity index (χ0n) is 14.2. The third-order valence-electron chi connectivity index (χ3n) is 3.99. The van der Waals surface area contributed by atoms with Gasteiger partial charge in [0.2, 0.25) is 0 Å². The number of nitrogens with one attached hydrogen (secondary N) is 2. The molecule has 0 bridgehead atoms. The topological polar surface area (TPSA) is 76.2 Å². The molecule has 0 aliphatic carbocycles. The van der Waals surface area contributed by atoms with Crippen molar-refractivity contribution in [2.75, 3.05) is 13.2 Å². The van der Waals surface area contributed by atoms with Gasteiger partial charge in [-0.25, -0.2) is 0 Å². The summed E-state index contributed by atoms with van der Waals surface area (Å²) in [7, 11) is 0. The number of fused-ring (bicyclic) bond motifs is 1. The van der Waals surface area contributed by atoms with Gasteiger partial charge >= 0.3 is 6.18 Å². The molecule has 2 aromatic rings. The Morgan fingerprint density at radius 1 is 1.19 bits per heavy atom. The quantitative estimate of drug-likeness (QED) is 0.867. The summed E-state index contributed by atoms with van der Waals surface area (Å²) in [6.07, 6.45) is -4.58. The van der Waals surface area contributed by atoms with Crippen molar-refractivity contribution in [3.63, 3.8) is 0 Å². The van der Waals surface area contributed by atoms with Crippen LogP contribution >= 0.6 is 0 Å². The van der Waals surface area contributed by atoms with Gasteiger partial charge in [0.25, 0.3) is 5.91 Å². The number of hydrogen-bond acceptors (Lipinski definition) is 4. The van der Waals surface area contributed by atoms with E-state index in [1.165, 1.54) is 0 Å². The molecule has 1 unspecified atom stereocenters. The summed E-state index contributed by atoms with van der Waals surface area (Å²) < 4.78 is 49.0. The number of aromatic amines is 1. The number of amides is 1. The number of nitrogens with zero attached hydrogens (tertiary/aromatic N) is 1. The Bertz CT molecular complexity index is 802. The van der Waals surface area contributed by atoms with E-state index in [0.29, 0.717) is 30.8 Å². The van der Waals surface area contributed by atoms with E-state index in [2.05, 4.69) is 10.4 Å². The van der Waals surface area contributed by atoms with Gasteiger partial charge in [0.15, 0.2) is 17.2 Å². The molecule has 1 aliphatic heterocycles. The molecule has 1 aromatic carbocycles. The third-order valence-corrected chi connectivity index (χ3v) is 3.99. The van der Waals surface area contributed by atoms with Gasteiger partial charge in [0, 0.05) is 6.07 Å². The second-order valence-corrected chi connectivity index (χ2v) is 6.26. The zero-order valence-corrected chi connectivity index (χ0v) is 14.2. The van der Waals surface area contributed by atoms with E-state index >= 15 is 0 Å². The maximum absolute atomic E-state index is 12.7. The van der Waals surface area contributed by atoms with Gasteiger partial charge < -0.3 is 14.8 Å². The molecule has 2 N–H and O–H groups in total. The number of carbonyl (C=O) groups excluding carboxylic acids is 1. The van der Waals surface area contributed by atoms with E-state index in [4.69, 9.17) is 9.47 Å². The molecule has 0 saturated heterocycles. The highest BCUT2D eigenvalue weighted by atomic mass is 19.4. The minimum Gasteiger partial charge on any atom is -0.486 e. The van der Waals surface area contributed by atoms with Crippen molar-refractivity contribution in [1.29, 1.82) is 0 Å². The molecule has 2 heterocycles. The van der Waals surface area contributed by atoms with E-state index in [0.717, 1.165) is 5.56 Å². The number of rotatable bonds is 4. The molecule has 3 rings (SSSR count). The third kappa shape index (κ3) is 3.76. The lowest BCUT2D eigenvalue weighted by Gasteiger charge is -2.25. The molecule has 1 atom stereocenters. The first-order chi connectivity index (χ1) is 12.3. The van der Waals surface area contributed by atoms with Crippen LogP contribution in [0.25, 0.3) is 0 Å². The fourth-order valence-corrected chi connectivity index (χ4v) is 2.69. The minimum atomic E-state index is -4.58. The maximum Gasteiger partial charge on any atom is 0.432 e. The molecule has 1 aromatic heterocycles. The van der Waals surface area contributed by atoms with Crippen LogP contribution in [-0.2, 0) is 6.18 Å². The van der Waals surface area contributed by atoms with Crippen LogP contribution in [0.2, 0.25) is 0 Å². The highest BCUT2D eigenvalue weighted by Crippen LogP contribution is 2.34. The molecule has 0 spiro atoms. The molecule has 26 heavy (non-hydrogen) atoms. The molecule has 1 aliphatic rings. The van der Waals surface area contributed by atoms with Crippen LogP contribution in [-0.4, -0.2) is 29.3 Å². The maximum atomic E-state index is 12.7. The molecule has 6 nitrogen and oxygen atoms in total. The standard InChI is InChI=1S/C17H18F3N3O3/c1-9(2)15(10-3-4-12-13(7-10)26-6-5-25-12)21-16(24)11-8-14(23-22-11)17(18,19)20/h3-4,7-9,15H,5-6H2,1-2H3,(H,21,24)(H,22,23). The Labute approximate surface area is 147 Å². The lowest BCUT2D eigenvalue weighted by molar-refractivity contribution is -0.141. The first-order valence-electron chi connectivity index (χ1n) is 8.08. The number of carbonyl (C=O) groups is 1. The Morgan fingerprint density at radius 3 is 2.50 bits per heavy atom. The molecule has 9 heteroatoms. The highest BCUT2D eigenvalue weighted by molar-refractivity contribution is 5.92. The van der Waals surface area contributed by atoms with Crippen molar-refractivity contribution in [2.24, 2.45) is 5.92 Å². The van der Waals surface area contributed by atoms with Gasteiger partial charge in [0.05, 0.1) is 6.04 Å². The summed E-state index contributed by atoms with van der Waals surface area (Å²) in [6.45, 7) is 4.70. The zero-order chi connectivity index (χ0) is 18.9. The molecule has 140 valence electrons. The Morgan fingerprint density at radius 2 is 1.88 bits per heavy atom. The van der Waals surface area contributed by atoms with Crippen LogP contribution in [0.4, 0.5) is 13.2 Å². The second kappa shape index (κ2) is 6.89. The summed E-state index contributed by atoms with van der Waals surface area (Å²) >= 11 is 0. The summed E-state index contributed by atoms with van der Waals surface area (Å²) in [5, 5.41) is 8.03. The predicted molar refractivity (Wildman–Crippen MR) is 86.1 cm³/mol. The van der Waals surface area contributed by atoms with Gasteiger partial charge in [-0.15, -0.1) is 0 Å². The monoisotopic (exact) mass is 369 g/mol. The summed E-state index contributed by atoms with van der Waals surface area (Å²) in [4.78, 5) is 12.3. The van der Waals surface area contributed by atoms with Crippen molar-refractivity contribution in [3.8, 4) is 11.5 Å². The first kappa shape index (κ1) is 18.1. The lowest BCUT2D eigenvalue weighted by atomic mass is 9.95. The van der Waals surface area contributed by atoms with E-state index in [9.17, 15) is 18.0 Å². The summed E-state index contributed by atoms with van der Waals surface area (Å²) in [5.41, 5.74) is -0.618. The molecule has 0 radical (unpaired) electrons. The Balaban J connectivity index is 1.80. The number of alkyl halides is 3. The fourth-order valence-electron chi connectivity index (χ4n) is 2.69. The van der Waals surface area contributed by atoms with Crippen molar-refractivity contribution >= 4 is 5.91 Å². The first-order valence-corrected chi connectivity index (χ1v) is 8.08. The smallest absolute Gasteiger partial charge is 0.432 e. The van der Waals surface area contributed by atoms with Crippen LogP contribution < -0.4 is 14.8 Å². The van der Waals surface area contributed by atoms with Gasteiger partial charge in [0.1, 0.15) is 18.9 Å². The van der Waals surface area contributed by atoms with Crippen molar-refractivity contribution < 1.29 is 27.4 Å². The molecule has 1 amide bonds. The summed E-state index contributed by atoms with van der Waals surface area (Å²) in [5.74, 6) is 0.497. The van der Waals surface area contributed by atoms with Gasteiger partial charge in [-0.05, 0) is 23.6 Å². The van der Waals surface area contributed by atoms with E-state index in [-0.39, 0.29) is 11.6 Å². The number of aromatic nitrogens is 2. The van der Waals surface area contributed by atoms with Crippen LogP contribution in [0.1, 0.15) is 41.6 Å². The Kier molecular flexibility index (Phi) is 4.80. The number of ether oxygens (including phenoxy) is 2. The highest BCUT2D eigenvalue weighted by Gasteiger charge is 2.34. The van der Waals surface area contributed by atoms with Crippen molar-refractivity contribution in [2.45, 2.75) is 26.1 Å². The number of hydrogen-bond donors (Lipinski definition) is 2. The van der Waals surface area contributed by atoms with E-state index in [1.54, 1.807) is 18.2 Å². The predicted octanol–water partition coefficient (Wildman–Crippen LogP) is 3.33. The average molecular weight is 369 g/mol. The minimum absolute atomic E-state index is 0.0115. The van der Waals surface area contributed by atoms with Crippen LogP contribution in [0, 0.1) is 5.92 Å². The fraction of sp³-hybridized carbons (Fsp3) is 0.412. The molecule has 0 fully saturated rings.